The lowest BCUT2D eigenvalue weighted by Gasteiger charge is -2.30. The number of guanidine groups is 1. The van der Waals surface area contributed by atoms with Crippen LogP contribution in [-0.4, -0.2) is 50.6 Å². The van der Waals surface area contributed by atoms with Gasteiger partial charge < -0.3 is 15.5 Å². The van der Waals surface area contributed by atoms with Crippen molar-refractivity contribution in [3.05, 3.63) is 0 Å². The molecule has 19 heavy (non-hydrogen) atoms. The summed E-state index contributed by atoms with van der Waals surface area (Å²) in [6.07, 6.45) is 3.93. The Balaban J connectivity index is 2.12. The van der Waals surface area contributed by atoms with Crippen molar-refractivity contribution in [2.24, 2.45) is 16.8 Å². The molecule has 0 spiro atoms. The monoisotopic (exact) mass is 268 g/mol. The average molecular weight is 268 g/mol. The van der Waals surface area contributed by atoms with E-state index in [9.17, 15) is 0 Å². The Labute approximate surface area is 119 Å². The van der Waals surface area contributed by atoms with Crippen LogP contribution in [0, 0.1) is 11.8 Å². The first kappa shape index (κ1) is 16.3. The first-order valence-electron chi connectivity index (χ1n) is 7.78. The average Bonchev–Trinajstić information content (AvgIpc) is 2.36. The number of nitrogens with zero attached hydrogens (tertiary/aromatic N) is 2. The van der Waals surface area contributed by atoms with Crippen LogP contribution in [0.1, 0.15) is 40.0 Å². The van der Waals surface area contributed by atoms with Crippen molar-refractivity contribution >= 4 is 5.96 Å². The van der Waals surface area contributed by atoms with Gasteiger partial charge in [-0.15, -0.1) is 0 Å². The first-order valence-corrected chi connectivity index (χ1v) is 7.78. The molecule has 0 aromatic rings. The van der Waals surface area contributed by atoms with Crippen LogP contribution < -0.4 is 10.6 Å². The van der Waals surface area contributed by atoms with Crippen molar-refractivity contribution in [2.45, 2.75) is 40.0 Å². The summed E-state index contributed by atoms with van der Waals surface area (Å²) in [5, 5.41) is 6.77. The molecule has 1 atom stereocenters. The molecule has 1 unspecified atom stereocenters. The molecule has 0 aromatic carbocycles. The summed E-state index contributed by atoms with van der Waals surface area (Å²) in [6.45, 7) is 12.4. The Hall–Kier alpha value is -0.770. The van der Waals surface area contributed by atoms with E-state index in [1.165, 1.54) is 32.4 Å². The van der Waals surface area contributed by atoms with Gasteiger partial charge in [0.25, 0.3) is 0 Å². The van der Waals surface area contributed by atoms with Crippen LogP contribution in [0.4, 0.5) is 0 Å². The Morgan fingerprint density at radius 2 is 2.05 bits per heavy atom. The van der Waals surface area contributed by atoms with Gasteiger partial charge in [0.1, 0.15) is 0 Å². The Morgan fingerprint density at radius 1 is 1.32 bits per heavy atom. The molecule has 0 saturated carbocycles. The van der Waals surface area contributed by atoms with Crippen LogP contribution in [0.3, 0.4) is 0 Å². The van der Waals surface area contributed by atoms with Crippen LogP contribution in [0.25, 0.3) is 0 Å². The maximum atomic E-state index is 4.26. The molecule has 1 saturated heterocycles. The zero-order chi connectivity index (χ0) is 14.1. The fourth-order valence-corrected chi connectivity index (χ4v) is 2.52. The van der Waals surface area contributed by atoms with Crippen molar-refractivity contribution in [3.8, 4) is 0 Å². The molecule has 1 aliphatic heterocycles. The molecule has 0 aromatic heterocycles. The maximum Gasteiger partial charge on any atom is 0.191 e. The van der Waals surface area contributed by atoms with Crippen LogP contribution in [-0.2, 0) is 0 Å². The predicted molar refractivity (Wildman–Crippen MR) is 83.7 cm³/mol. The molecule has 2 N–H and O–H groups in total. The minimum atomic E-state index is 0.737. The van der Waals surface area contributed by atoms with Crippen LogP contribution >= 0.6 is 0 Å². The molecule has 0 amide bonds. The Kier molecular flexibility index (Phi) is 7.87. The molecule has 0 aliphatic carbocycles. The smallest absolute Gasteiger partial charge is 0.191 e. The molecule has 1 heterocycles. The van der Waals surface area contributed by atoms with Gasteiger partial charge in [-0.3, -0.25) is 4.99 Å². The molecule has 0 radical (unpaired) electrons. The van der Waals surface area contributed by atoms with E-state index in [1.54, 1.807) is 0 Å². The highest BCUT2D eigenvalue weighted by atomic mass is 15.2. The second-order valence-electron chi connectivity index (χ2n) is 6.16. The zero-order valence-electron chi connectivity index (χ0n) is 13.2. The first-order chi connectivity index (χ1) is 9.11. The summed E-state index contributed by atoms with van der Waals surface area (Å²) in [7, 11) is 1.84. The van der Waals surface area contributed by atoms with E-state index in [2.05, 4.69) is 41.3 Å². The molecule has 112 valence electrons. The largest absolute Gasteiger partial charge is 0.356 e. The van der Waals surface area contributed by atoms with E-state index < -0.39 is 0 Å². The third-order valence-corrected chi connectivity index (χ3v) is 3.70. The van der Waals surface area contributed by atoms with E-state index in [1.807, 2.05) is 7.05 Å². The fourth-order valence-electron chi connectivity index (χ4n) is 2.52. The lowest BCUT2D eigenvalue weighted by molar-refractivity contribution is 0.187. The second kappa shape index (κ2) is 9.18. The quantitative estimate of drug-likeness (QED) is 0.571. The lowest BCUT2D eigenvalue weighted by atomic mass is 10.0. The minimum absolute atomic E-state index is 0.737. The molecular weight excluding hydrogens is 236 g/mol. The number of aliphatic imine (C=N–C) groups is 1. The highest BCUT2D eigenvalue weighted by Crippen LogP contribution is 2.14. The summed E-state index contributed by atoms with van der Waals surface area (Å²) in [6, 6.07) is 0. The predicted octanol–water partition coefficient (Wildman–Crippen LogP) is 1.93. The third kappa shape index (κ3) is 7.41. The highest BCUT2D eigenvalue weighted by Gasteiger charge is 2.15. The fraction of sp³-hybridized carbons (Fsp3) is 0.933. The third-order valence-electron chi connectivity index (χ3n) is 3.70. The van der Waals surface area contributed by atoms with Crippen molar-refractivity contribution in [2.75, 3.05) is 39.8 Å². The Bertz CT molecular complexity index is 263. The summed E-state index contributed by atoms with van der Waals surface area (Å²) in [4.78, 5) is 6.82. The van der Waals surface area contributed by atoms with Gasteiger partial charge in [-0.05, 0) is 37.6 Å². The standard InChI is InChI=1S/C15H32N4/c1-13(2)7-8-17-15(16-4)18-9-11-19-10-5-6-14(3)12-19/h13-14H,5-12H2,1-4H3,(H2,16,17,18). The summed E-state index contributed by atoms with van der Waals surface area (Å²) in [5.74, 6) is 2.53. The minimum Gasteiger partial charge on any atom is -0.356 e. The number of hydrogen-bond acceptors (Lipinski definition) is 2. The molecule has 1 aliphatic rings. The normalized spacial score (nSPS) is 21.7. The van der Waals surface area contributed by atoms with E-state index in [0.29, 0.717) is 0 Å². The van der Waals surface area contributed by atoms with Crippen molar-refractivity contribution in [1.82, 2.24) is 15.5 Å². The molecule has 4 heteroatoms. The topological polar surface area (TPSA) is 39.7 Å². The van der Waals surface area contributed by atoms with E-state index in [0.717, 1.165) is 37.4 Å². The lowest BCUT2D eigenvalue weighted by Crippen LogP contribution is -2.44. The molecule has 4 nitrogen and oxygen atoms in total. The van der Waals surface area contributed by atoms with Crippen molar-refractivity contribution in [3.63, 3.8) is 0 Å². The van der Waals surface area contributed by atoms with Crippen LogP contribution in [0.2, 0.25) is 0 Å². The van der Waals surface area contributed by atoms with Gasteiger partial charge in [-0.2, -0.15) is 0 Å². The molecular formula is C15H32N4. The molecule has 1 rings (SSSR count). The molecule has 0 bridgehead atoms. The van der Waals surface area contributed by atoms with E-state index >= 15 is 0 Å². The van der Waals surface area contributed by atoms with Gasteiger partial charge in [-0.25, -0.2) is 0 Å². The van der Waals surface area contributed by atoms with Gasteiger partial charge in [-0.1, -0.05) is 20.8 Å². The van der Waals surface area contributed by atoms with Crippen LogP contribution in [0.5, 0.6) is 0 Å². The van der Waals surface area contributed by atoms with Gasteiger partial charge in [0.15, 0.2) is 5.96 Å². The second-order valence-corrected chi connectivity index (χ2v) is 6.16. The number of piperidine rings is 1. The maximum absolute atomic E-state index is 4.26. The van der Waals surface area contributed by atoms with Gasteiger partial charge in [0.2, 0.25) is 0 Å². The number of rotatable bonds is 6. The number of hydrogen-bond donors (Lipinski definition) is 2. The van der Waals surface area contributed by atoms with Gasteiger partial charge >= 0.3 is 0 Å². The van der Waals surface area contributed by atoms with Gasteiger partial charge in [0.05, 0.1) is 0 Å². The molecule has 1 fully saturated rings. The summed E-state index contributed by atoms with van der Waals surface area (Å²) >= 11 is 0. The number of likely N-dealkylation sites (tertiary alicyclic amines) is 1. The van der Waals surface area contributed by atoms with E-state index in [-0.39, 0.29) is 0 Å². The zero-order valence-corrected chi connectivity index (χ0v) is 13.2. The van der Waals surface area contributed by atoms with Crippen LogP contribution in [0.15, 0.2) is 4.99 Å². The summed E-state index contributed by atoms with van der Waals surface area (Å²) in [5.41, 5.74) is 0. The summed E-state index contributed by atoms with van der Waals surface area (Å²) < 4.78 is 0. The van der Waals surface area contributed by atoms with Crippen molar-refractivity contribution in [1.29, 1.82) is 0 Å². The van der Waals surface area contributed by atoms with Gasteiger partial charge in [0, 0.05) is 33.2 Å². The SMILES string of the molecule is CN=C(NCCC(C)C)NCCN1CCCC(C)C1. The Morgan fingerprint density at radius 3 is 2.68 bits per heavy atom. The highest BCUT2D eigenvalue weighted by molar-refractivity contribution is 5.79. The van der Waals surface area contributed by atoms with Crippen molar-refractivity contribution < 1.29 is 0 Å². The number of nitrogens with one attached hydrogen (secondary N) is 2. The van der Waals surface area contributed by atoms with E-state index in [4.69, 9.17) is 0 Å².